The SMILES string of the molecule is CCN1CCc2[nH]c(=O)c(-c3n[nH]c(=S)o3)cc2C1. The summed E-state index contributed by atoms with van der Waals surface area (Å²) in [4.78, 5) is 17.4. The fourth-order valence-corrected chi connectivity index (χ4v) is 2.46. The molecule has 19 heavy (non-hydrogen) atoms. The highest BCUT2D eigenvalue weighted by atomic mass is 32.1. The molecule has 0 radical (unpaired) electrons. The van der Waals surface area contributed by atoms with Gasteiger partial charge in [-0.25, -0.2) is 5.10 Å². The van der Waals surface area contributed by atoms with E-state index in [1.165, 1.54) is 0 Å². The number of nitrogens with zero attached hydrogens (tertiary/aromatic N) is 2. The third-order valence-electron chi connectivity index (χ3n) is 3.40. The number of pyridine rings is 1. The standard InChI is InChI=1S/C12H14N4O2S/c1-2-16-4-3-9-7(6-16)5-8(10(17)13-9)11-14-15-12(19)18-11/h5H,2-4,6H2,1H3,(H,13,17)(H,15,19). The van der Waals surface area contributed by atoms with E-state index in [4.69, 9.17) is 16.6 Å². The van der Waals surface area contributed by atoms with Gasteiger partial charge in [-0.3, -0.25) is 9.69 Å². The number of aromatic amines is 2. The van der Waals surface area contributed by atoms with Crippen LogP contribution in [-0.4, -0.2) is 33.2 Å². The largest absolute Gasteiger partial charge is 0.409 e. The lowest BCUT2D eigenvalue weighted by atomic mass is 10.0. The van der Waals surface area contributed by atoms with Gasteiger partial charge < -0.3 is 9.40 Å². The van der Waals surface area contributed by atoms with Gasteiger partial charge >= 0.3 is 0 Å². The van der Waals surface area contributed by atoms with Crippen LogP contribution in [0.1, 0.15) is 18.2 Å². The first-order valence-electron chi connectivity index (χ1n) is 6.20. The van der Waals surface area contributed by atoms with Gasteiger partial charge in [0.1, 0.15) is 5.56 Å². The maximum atomic E-state index is 12.0. The van der Waals surface area contributed by atoms with E-state index in [2.05, 4.69) is 27.0 Å². The van der Waals surface area contributed by atoms with E-state index >= 15 is 0 Å². The Hall–Kier alpha value is -1.73. The molecule has 0 fully saturated rings. The predicted octanol–water partition coefficient (Wildman–Crippen LogP) is 1.47. The summed E-state index contributed by atoms with van der Waals surface area (Å²) in [6, 6.07) is 1.85. The molecule has 0 spiro atoms. The number of fused-ring (bicyclic) bond motifs is 1. The van der Waals surface area contributed by atoms with Crippen molar-refractivity contribution >= 4 is 12.2 Å². The molecule has 0 atom stereocenters. The zero-order valence-corrected chi connectivity index (χ0v) is 11.3. The summed E-state index contributed by atoms with van der Waals surface area (Å²) in [5, 5.41) is 6.43. The second-order valence-electron chi connectivity index (χ2n) is 4.55. The Kier molecular flexibility index (Phi) is 3.08. The van der Waals surface area contributed by atoms with Crippen LogP contribution < -0.4 is 5.56 Å². The first-order valence-corrected chi connectivity index (χ1v) is 6.61. The van der Waals surface area contributed by atoms with Gasteiger partial charge in [-0.1, -0.05) is 6.92 Å². The van der Waals surface area contributed by atoms with E-state index in [-0.39, 0.29) is 16.3 Å². The van der Waals surface area contributed by atoms with Crippen molar-refractivity contribution < 1.29 is 4.42 Å². The van der Waals surface area contributed by atoms with E-state index < -0.39 is 0 Å². The van der Waals surface area contributed by atoms with Crippen molar-refractivity contribution in [2.45, 2.75) is 19.9 Å². The number of H-pyrrole nitrogens is 2. The number of hydrogen-bond acceptors (Lipinski definition) is 5. The molecular weight excluding hydrogens is 264 g/mol. The molecule has 1 aliphatic heterocycles. The second-order valence-corrected chi connectivity index (χ2v) is 4.92. The number of aromatic nitrogens is 3. The van der Waals surface area contributed by atoms with E-state index in [1.54, 1.807) is 0 Å². The topological polar surface area (TPSA) is 77.9 Å². The number of nitrogens with one attached hydrogen (secondary N) is 2. The van der Waals surface area contributed by atoms with Crippen LogP contribution in [0.3, 0.4) is 0 Å². The van der Waals surface area contributed by atoms with Crippen LogP contribution in [0.4, 0.5) is 0 Å². The summed E-state index contributed by atoms with van der Waals surface area (Å²) in [6.07, 6.45) is 0.864. The average Bonchev–Trinajstić information content (AvgIpc) is 2.84. The Morgan fingerprint density at radius 2 is 2.42 bits per heavy atom. The molecule has 0 saturated heterocycles. The number of hydrogen-bond donors (Lipinski definition) is 2. The van der Waals surface area contributed by atoms with Crippen molar-refractivity contribution in [2.24, 2.45) is 0 Å². The molecule has 3 heterocycles. The summed E-state index contributed by atoms with van der Waals surface area (Å²) in [5.74, 6) is 0.239. The summed E-state index contributed by atoms with van der Waals surface area (Å²) < 4.78 is 5.21. The average molecular weight is 278 g/mol. The summed E-state index contributed by atoms with van der Waals surface area (Å²) >= 11 is 4.83. The maximum absolute atomic E-state index is 12.0. The Bertz CT molecular complexity index is 715. The monoisotopic (exact) mass is 278 g/mol. The van der Waals surface area contributed by atoms with Gasteiger partial charge in [0.25, 0.3) is 16.3 Å². The highest BCUT2D eigenvalue weighted by Crippen LogP contribution is 2.20. The normalized spacial score (nSPS) is 15.4. The quantitative estimate of drug-likeness (QED) is 0.813. The molecule has 0 aliphatic carbocycles. The Balaban J connectivity index is 2.08. The van der Waals surface area contributed by atoms with Gasteiger partial charge in [0.2, 0.25) is 0 Å². The molecule has 3 rings (SSSR count). The van der Waals surface area contributed by atoms with Crippen LogP contribution >= 0.6 is 12.2 Å². The molecule has 7 heteroatoms. The van der Waals surface area contributed by atoms with Crippen molar-refractivity contribution in [1.82, 2.24) is 20.1 Å². The highest BCUT2D eigenvalue weighted by Gasteiger charge is 2.19. The minimum atomic E-state index is -0.186. The third-order valence-corrected chi connectivity index (χ3v) is 3.58. The lowest BCUT2D eigenvalue weighted by Gasteiger charge is -2.27. The Morgan fingerprint density at radius 1 is 1.58 bits per heavy atom. The Morgan fingerprint density at radius 3 is 3.11 bits per heavy atom. The van der Waals surface area contributed by atoms with Crippen LogP contribution in [-0.2, 0) is 13.0 Å². The molecule has 0 bridgehead atoms. The smallest absolute Gasteiger partial charge is 0.284 e. The second kappa shape index (κ2) is 4.75. The third kappa shape index (κ3) is 2.26. The van der Waals surface area contributed by atoms with E-state index in [9.17, 15) is 4.79 Å². The van der Waals surface area contributed by atoms with Crippen molar-refractivity contribution in [3.05, 3.63) is 32.5 Å². The molecule has 1 aliphatic rings. The molecule has 0 unspecified atom stereocenters. The van der Waals surface area contributed by atoms with Crippen molar-refractivity contribution in [2.75, 3.05) is 13.1 Å². The van der Waals surface area contributed by atoms with Gasteiger partial charge in [0.15, 0.2) is 0 Å². The maximum Gasteiger partial charge on any atom is 0.284 e. The van der Waals surface area contributed by atoms with Gasteiger partial charge in [-0.05, 0) is 30.4 Å². The zero-order valence-electron chi connectivity index (χ0n) is 10.5. The van der Waals surface area contributed by atoms with Crippen LogP contribution in [0, 0.1) is 4.84 Å². The molecular formula is C12H14N4O2S. The fourth-order valence-electron chi connectivity index (χ4n) is 2.34. The van der Waals surface area contributed by atoms with Crippen LogP contribution in [0.5, 0.6) is 0 Å². The molecule has 2 aromatic heterocycles. The van der Waals surface area contributed by atoms with E-state index in [0.29, 0.717) is 5.56 Å². The molecule has 2 N–H and O–H groups in total. The highest BCUT2D eigenvalue weighted by molar-refractivity contribution is 7.71. The van der Waals surface area contributed by atoms with Gasteiger partial charge in [-0.15, -0.1) is 5.10 Å². The van der Waals surface area contributed by atoms with Gasteiger partial charge in [0.05, 0.1) is 0 Å². The number of likely N-dealkylation sites (N-methyl/N-ethyl adjacent to an activating group) is 1. The lowest BCUT2D eigenvalue weighted by molar-refractivity contribution is 0.265. The summed E-state index contributed by atoms with van der Waals surface area (Å²) in [6.45, 7) is 4.93. The van der Waals surface area contributed by atoms with Crippen molar-refractivity contribution in [3.63, 3.8) is 0 Å². The van der Waals surface area contributed by atoms with Crippen molar-refractivity contribution in [3.8, 4) is 11.5 Å². The zero-order chi connectivity index (χ0) is 13.4. The molecule has 0 aromatic carbocycles. The molecule has 0 amide bonds. The minimum Gasteiger partial charge on any atom is -0.409 e. The molecule has 100 valence electrons. The van der Waals surface area contributed by atoms with Crippen molar-refractivity contribution in [1.29, 1.82) is 0 Å². The van der Waals surface area contributed by atoms with Gasteiger partial charge in [-0.2, -0.15) is 0 Å². The predicted molar refractivity (Wildman–Crippen MR) is 72.4 cm³/mol. The Labute approximate surface area is 114 Å². The summed E-state index contributed by atoms with van der Waals surface area (Å²) in [5.41, 5.74) is 2.36. The molecule has 6 nitrogen and oxygen atoms in total. The molecule has 2 aromatic rings. The minimum absolute atomic E-state index is 0.169. The van der Waals surface area contributed by atoms with Crippen LogP contribution in [0.25, 0.3) is 11.5 Å². The van der Waals surface area contributed by atoms with Gasteiger partial charge in [0, 0.05) is 25.2 Å². The summed E-state index contributed by atoms with van der Waals surface area (Å²) in [7, 11) is 0. The van der Waals surface area contributed by atoms with Crippen LogP contribution in [0.15, 0.2) is 15.3 Å². The number of rotatable bonds is 2. The van der Waals surface area contributed by atoms with Crippen LogP contribution in [0.2, 0.25) is 0 Å². The lowest BCUT2D eigenvalue weighted by Crippen LogP contribution is -2.32. The first kappa shape index (κ1) is 12.3. The van der Waals surface area contributed by atoms with E-state index in [0.717, 1.165) is 37.3 Å². The fraction of sp³-hybridized carbons (Fsp3) is 0.417. The van der Waals surface area contributed by atoms with E-state index in [1.807, 2.05) is 6.07 Å². The first-order chi connectivity index (χ1) is 9.17. The molecule has 0 saturated carbocycles.